The van der Waals surface area contributed by atoms with Gasteiger partial charge >= 0.3 is 5.97 Å². The zero-order valence-electron chi connectivity index (χ0n) is 9.51. The van der Waals surface area contributed by atoms with Crippen molar-refractivity contribution >= 4 is 17.7 Å². The highest BCUT2D eigenvalue weighted by Crippen LogP contribution is 2.14. The second-order valence-corrected chi connectivity index (χ2v) is 4.45. The van der Waals surface area contributed by atoms with Gasteiger partial charge in [0.1, 0.15) is 6.33 Å². The Kier molecular flexibility index (Phi) is 4.29. The van der Waals surface area contributed by atoms with Crippen molar-refractivity contribution in [1.29, 1.82) is 0 Å². The number of aliphatic carboxylic acids is 1. The number of nitrogens with zero attached hydrogens (tertiary/aromatic N) is 6. The second-order valence-electron chi connectivity index (χ2n) is 3.51. The van der Waals surface area contributed by atoms with Crippen molar-refractivity contribution in [3.63, 3.8) is 0 Å². The number of thioether (sulfide) groups is 1. The van der Waals surface area contributed by atoms with E-state index in [1.807, 2.05) is 4.57 Å². The smallest absolute Gasteiger partial charge is 0.313 e. The van der Waals surface area contributed by atoms with E-state index < -0.39 is 5.97 Å². The first-order valence-corrected chi connectivity index (χ1v) is 6.31. The van der Waals surface area contributed by atoms with Crippen molar-refractivity contribution in [2.75, 3.05) is 5.75 Å². The van der Waals surface area contributed by atoms with Crippen LogP contribution in [0.3, 0.4) is 0 Å². The van der Waals surface area contributed by atoms with Crippen molar-refractivity contribution in [3.8, 4) is 0 Å². The van der Waals surface area contributed by atoms with Crippen molar-refractivity contribution in [3.05, 3.63) is 18.7 Å². The summed E-state index contributed by atoms with van der Waals surface area (Å²) in [7, 11) is 0. The highest BCUT2D eigenvalue weighted by molar-refractivity contribution is 7.99. The molecule has 0 aromatic carbocycles. The topological polar surface area (TPSA) is 98.7 Å². The molecule has 0 bridgehead atoms. The van der Waals surface area contributed by atoms with E-state index in [1.165, 1.54) is 0 Å². The molecule has 0 unspecified atom stereocenters. The molecule has 0 amide bonds. The first-order valence-electron chi connectivity index (χ1n) is 5.32. The summed E-state index contributed by atoms with van der Waals surface area (Å²) in [6, 6.07) is 0. The molecule has 18 heavy (non-hydrogen) atoms. The lowest BCUT2D eigenvalue weighted by Crippen LogP contribution is -2.06. The zero-order valence-corrected chi connectivity index (χ0v) is 10.3. The molecule has 0 fully saturated rings. The Bertz CT molecular complexity index is 497. The quantitative estimate of drug-likeness (QED) is 0.713. The highest BCUT2D eigenvalue weighted by atomic mass is 32.2. The molecule has 0 aliphatic heterocycles. The number of aryl methyl sites for hydroxylation is 2. The van der Waals surface area contributed by atoms with Gasteiger partial charge < -0.3 is 9.67 Å². The average Bonchev–Trinajstić information content (AvgIpc) is 2.97. The molecule has 9 heteroatoms. The van der Waals surface area contributed by atoms with Crippen LogP contribution in [0.1, 0.15) is 6.42 Å². The van der Waals surface area contributed by atoms with Crippen LogP contribution in [0.15, 0.2) is 23.9 Å². The number of carbonyl (C=O) groups is 1. The molecule has 0 saturated carbocycles. The van der Waals surface area contributed by atoms with Crippen LogP contribution >= 0.6 is 11.8 Å². The molecule has 96 valence electrons. The predicted molar refractivity (Wildman–Crippen MR) is 63.0 cm³/mol. The van der Waals surface area contributed by atoms with Gasteiger partial charge in [-0.05, 0) is 6.42 Å². The predicted octanol–water partition coefficient (Wildman–Crippen LogP) is 0.137. The summed E-state index contributed by atoms with van der Waals surface area (Å²) in [5.41, 5.74) is 0. The number of carboxylic acid groups (broad SMARTS) is 1. The van der Waals surface area contributed by atoms with Gasteiger partial charge in [-0.15, -0.1) is 15.3 Å². The molecule has 0 saturated heterocycles. The molecule has 0 aliphatic carbocycles. The Morgan fingerprint density at radius 3 is 3.00 bits per heavy atom. The number of hydrogen-bond acceptors (Lipinski definition) is 6. The zero-order chi connectivity index (χ0) is 12.8. The van der Waals surface area contributed by atoms with Crippen molar-refractivity contribution in [1.82, 2.24) is 29.8 Å². The van der Waals surface area contributed by atoms with Crippen molar-refractivity contribution in [2.45, 2.75) is 24.7 Å². The molecule has 0 atom stereocenters. The first-order chi connectivity index (χ1) is 8.75. The van der Waals surface area contributed by atoms with Crippen LogP contribution in [0.5, 0.6) is 0 Å². The molecule has 0 aliphatic rings. The summed E-state index contributed by atoms with van der Waals surface area (Å²) in [4.78, 5) is 10.5. The van der Waals surface area contributed by atoms with E-state index in [0.717, 1.165) is 31.3 Å². The summed E-state index contributed by atoms with van der Waals surface area (Å²) >= 11 is 1.16. The normalized spacial score (nSPS) is 10.7. The Balaban J connectivity index is 1.82. The van der Waals surface area contributed by atoms with Crippen LogP contribution in [-0.4, -0.2) is 46.6 Å². The van der Waals surface area contributed by atoms with E-state index in [2.05, 4.69) is 20.5 Å². The molecular formula is C9H12N6O2S. The molecule has 1 N–H and O–H groups in total. The molecule has 8 nitrogen and oxygen atoms in total. The second kappa shape index (κ2) is 6.15. The fourth-order valence-corrected chi connectivity index (χ4v) is 2.05. The third kappa shape index (κ3) is 3.55. The molecular weight excluding hydrogens is 256 g/mol. The van der Waals surface area contributed by atoms with Crippen LogP contribution < -0.4 is 0 Å². The Morgan fingerprint density at radius 1 is 1.39 bits per heavy atom. The summed E-state index contributed by atoms with van der Waals surface area (Å²) in [6.45, 7) is 1.47. The van der Waals surface area contributed by atoms with Crippen LogP contribution in [0.2, 0.25) is 0 Å². The first kappa shape index (κ1) is 12.6. The minimum absolute atomic E-state index is 0.0121. The molecule has 2 aromatic rings. The number of carboxylic acids is 1. The Morgan fingerprint density at radius 2 is 2.28 bits per heavy atom. The van der Waals surface area contributed by atoms with E-state index in [1.54, 1.807) is 23.4 Å². The molecule has 2 aromatic heterocycles. The Hall–Kier alpha value is -1.90. The van der Waals surface area contributed by atoms with Crippen LogP contribution in [0, 0.1) is 0 Å². The standard InChI is InChI=1S/C9H12N6O2S/c16-8(17)6-18-9-12-11-7-14(9)3-1-4-15-5-2-10-13-15/h2,5,7H,1,3-4,6H2,(H,16,17). The Labute approximate surface area is 107 Å². The van der Waals surface area contributed by atoms with Crippen molar-refractivity contribution in [2.24, 2.45) is 0 Å². The molecule has 2 rings (SSSR count). The van der Waals surface area contributed by atoms with E-state index in [9.17, 15) is 4.79 Å². The lowest BCUT2D eigenvalue weighted by molar-refractivity contribution is -0.133. The molecule has 0 spiro atoms. The van der Waals surface area contributed by atoms with Gasteiger partial charge in [0.25, 0.3) is 0 Å². The van der Waals surface area contributed by atoms with Gasteiger partial charge in [0, 0.05) is 19.3 Å². The van der Waals surface area contributed by atoms with E-state index >= 15 is 0 Å². The van der Waals surface area contributed by atoms with Gasteiger partial charge in [0.2, 0.25) is 0 Å². The number of rotatable bonds is 7. The van der Waals surface area contributed by atoms with Gasteiger partial charge in [-0.1, -0.05) is 17.0 Å². The van der Waals surface area contributed by atoms with Gasteiger partial charge in [-0.3, -0.25) is 9.48 Å². The number of hydrogen-bond donors (Lipinski definition) is 1. The minimum atomic E-state index is -0.864. The highest BCUT2D eigenvalue weighted by Gasteiger charge is 2.07. The molecule has 0 radical (unpaired) electrons. The van der Waals surface area contributed by atoms with E-state index in [-0.39, 0.29) is 5.75 Å². The fourth-order valence-electron chi connectivity index (χ4n) is 1.39. The third-order valence-corrected chi connectivity index (χ3v) is 3.13. The van der Waals surface area contributed by atoms with E-state index in [4.69, 9.17) is 5.11 Å². The summed E-state index contributed by atoms with van der Waals surface area (Å²) in [5, 5.41) is 24.5. The van der Waals surface area contributed by atoms with Crippen LogP contribution in [0.25, 0.3) is 0 Å². The largest absolute Gasteiger partial charge is 0.481 e. The molecule has 2 heterocycles. The number of aromatic nitrogens is 6. The van der Waals surface area contributed by atoms with Gasteiger partial charge in [-0.2, -0.15) is 0 Å². The summed E-state index contributed by atoms with van der Waals surface area (Å²) < 4.78 is 3.58. The average molecular weight is 268 g/mol. The van der Waals surface area contributed by atoms with Crippen LogP contribution in [-0.2, 0) is 17.9 Å². The van der Waals surface area contributed by atoms with Crippen LogP contribution in [0.4, 0.5) is 0 Å². The lowest BCUT2D eigenvalue weighted by atomic mass is 10.4. The summed E-state index contributed by atoms with van der Waals surface area (Å²) in [5.74, 6) is -0.876. The summed E-state index contributed by atoms with van der Waals surface area (Å²) in [6.07, 6.45) is 5.88. The van der Waals surface area contributed by atoms with Gasteiger partial charge in [0.05, 0.1) is 11.9 Å². The third-order valence-electron chi connectivity index (χ3n) is 2.16. The van der Waals surface area contributed by atoms with Gasteiger partial charge in [-0.25, -0.2) is 0 Å². The maximum Gasteiger partial charge on any atom is 0.313 e. The maximum atomic E-state index is 10.5. The maximum absolute atomic E-state index is 10.5. The SMILES string of the molecule is O=C(O)CSc1nncn1CCCn1ccnn1. The monoisotopic (exact) mass is 268 g/mol. The van der Waals surface area contributed by atoms with Gasteiger partial charge in [0.15, 0.2) is 5.16 Å². The minimum Gasteiger partial charge on any atom is -0.481 e. The van der Waals surface area contributed by atoms with Crippen molar-refractivity contribution < 1.29 is 9.90 Å². The lowest BCUT2D eigenvalue weighted by Gasteiger charge is -2.05. The fraction of sp³-hybridized carbons (Fsp3) is 0.444. The van der Waals surface area contributed by atoms with E-state index in [0.29, 0.717) is 5.16 Å².